The third kappa shape index (κ3) is 2.06. The van der Waals surface area contributed by atoms with Crippen LogP contribution >= 0.6 is 11.3 Å². The summed E-state index contributed by atoms with van der Waals surface area (Å²) in [5, 5.41) is 20.0. The first-order valence-electron chi connectivity index (χ1n) is 4.40. The van der Waals surface area contributed by atoms with Gasteiger partial charge in [-0.05, 0) is 13.0 Å². The molecule has 0 aliphatic rings. The summed E-state index contributed by atoms with van der Waals surface area (Å²) in [6, 6.07) is 3.39. The van der Waals surface area contributed by atoms with E-state index in [4.69, 9.17) is 10.0 Å². The number of aromatic nitrogens is 2. The molecule has 0 unspecified atom stereocenters. The van der Waals surface area contributed by atoms with Crippen LogP contribution in [0.25, 0.3) is 11.4 Å². The zero-order chi connectivity index (χ0) is 10.8. The lowest BCUT2D eigenvalue weighted by atomic mass is 9.79. The van der Waals surface area contributed by atoms with E-state index in [1.54, 1.807) is 24.6 Å². The lowest BCUT2D eigenvalue weighted by molar-refractivity contribution is 0.425. The zero-order valence-corrected chi connectivity index (χ0v) is 8.90. The predicted octanol–water partition coefficient (Wildman–Crippen LogP) is 0.193. The van der Waals surface area contributed by atoms with Crippen molar-refractivity contribution < 1.29 is 10.0 Å². The molecule has 0 saturated heterocycles. The first kappa shape index (κ1) is 10.3. The smallest absolute Gasteiger partial charge is 0.423 e. The lowest BCUT2D eigenvalue weighted by Crippen LogP contribution is -2.32. The fourth-order valence-electron chi connectivity index (χ4n) is 1.33. The Kier molecular flexibility index (Phi) is 2.81. The van der Waals surface area contributed by atoms with Gasteiger partial charge in [-0.15, -0.1) is 11.3 Å². The number of thiazole rings is 1. The van der Waals surface area contributed by atoms with Gasteiger partial charge in [0.1, 0.15) is 0 Å². The molecule has 0 saturated carbocycles. The topological polar surface area (TPSA) is 66.2 Å². The Morgan fingerprint density at radius 2 is 2.07 bits per heavy atom. The maximum absolute atomic E-state index is 9.03. The Hall–Kier alpha value is -1.24. The molecule has 2 aromatic rings. The van der Waals surface area contributed by atoms with Crippen molar-refractivity contribution in [2.24, 2.45) is 0 Å². The highest BCUT2D eigenvalue weighted by atomic mass is 32.1. The molecule has 0 fully saturated rings. The number of hydrogen-bond acceptors (Lipinski definition) is 5. The summed E-state index contributed by atoms with van der Waals surface area (Å²) in [7, 11) is -1.47. The molecule has 0 aliphatic carbocycles. The third-order valence-corrected chi connectivity index (χ3v) is 2.69. The maximum atomic E-state index is 9.03. The van der Waals surface area contributed by atoms with E-state index < -0.39 is 7.12 Å². The van der Waals surface area contributed by atoms with Crippen molar-refractivity contribution in [1.82, 2.24) is 9.97 Å². The maximum Gasteiger partial charge on any atom is 0.490 e. The van der Waals surface area contributed by atoms with Gasteiger partial charge in [-0.3, -0.25) is 4.98 Å². The Bertz CT molecular complexity index is 459. The number of nitrogens with zero attached hydrogens (tertiary/aromatic N) is 2. The summed E-state index contributed by atoms with van der Waals surface area (Å²) in [5.74, 6) is 0. The van der Waals surface area contributed by atoms with Crippen LogP contribution in [0.4, 0.5) is 0 Å². The van der Waals surface area contributed by atoms with Crippen molar-refractivity contribution in [3.63, 3.8) is 0 Å². The van der Waals surface area contributed by atoms with Gasteiger partial charge in [0.15, 0.2) is 0 Å². The molecule has 6 heteroatoms. The molecule has 0 aliphatic heterocycles. The van der Waals surface area contributed by atoms with Gasteiger partial charge in [0.2, 0.25) is 0 Å². The standard InChI is InChI=1S/C9H9BN2O2S/c1-6-7(10(13)14)2-3-8(12-6)9-4-15-5-11-9/h2-5,13-14H,1H3. The van der Waals surface area contributed by atoms with Gasteiger partial charge in [-0.2, -0.15) is 0 Å². The van der Waals surface area contributed by atoms with Gasteiger partial charge < -0.3 is 10.0 Å². The van der Waals surface area contributed by atoms with Gasteiger partial charge in [0, 0.05) is 16.5 Å². The second-order valence-corrected chi connectivity index (χ2v) is 3.84. The minimum absolute atomic E-state index is 0.425. The highest BCUT2D eigenvalue weighted by molar-refractivity contribution is 7.07. The molecule has 0 spiro atoms. The van der Waals surface area contributed by atoms with Crippen LogP contribution in [-0.2, 0) is 0 Å². The van der Waals surface area contributed by atoms with Crippen LogP contribution in [0.3, 0.4) is 0 Å². The van der Waals surface area contributed by atoms with Gasteiger partial charge in [-0.25, -0.2) is 4.98 Å². The second kappa shape index (κ2) is 4.10. The molecule has 0 atom stereocenters. The van der Waals surface area contributed by atoms with Crippen LogP contribution in [0.15, 0.2) is 23.0 Å². The van der Waals surface area contributed by atoms with Crippen molar-refractivity contribution >= 4 is 23.9 Å². The molecule has 2 heterocycles. The first-order valence-corrected chi connectivity index (χ1v) is 5.35. The van der Waals surface area contributed by atoms with Crippen molar-refractivity contribution in [3.8, 4) is 11.4 Å². The van der Waals surface area contributed by atoms with Crippen LogP contribution in [0.2, 0.25) is 0 Å². The molecule has 2 N–H and O–H groups in total. The molecular weight excluding hydrogens is 211 g/mol. The van der Waals surface area contributed by atoms with Crippen LogP contribution < -0.4 is 5.46 Å². The monoisotopic (exact) mass is 220 g/mol. The van der Waals surface area contributed by atoms with Crippen LogP contribution in [0.5, 0.6) is 0 Å². The highest BCUT2D eigenvalue weighted by Gasteiger charge is 2.15. The lowest BCUT2D eigenvalue weighted by Gasteiger charge is -2.04. The number of hydrogen-bond donors (Lipinski definition) is 2. The van der Waals surface area contributed by atoms with Crippen LogP contribution in [-0.4, -0.2) is 27.1 Å². The predicted molar refractivity (Wildman–Crippen MR) is 59.9 cm³/mol. The number of aryl methyl sites for hydroxylation is 1. The largest absolute Gasteiger partial charge is 0.490 e. The molecule has 0 radical (unpaired) electrons. The summed E-state index contributed by atoms with van der Waals surface area (Å²) >= 11 is 1.50. The molecule has 2 rings (SSSR count). The summed E-state index contributed by atoms with van der Waals surface area (Å²) in [4.78, 5) is 8.39. The van der Waals surface area contributed by atoms with E-state index in [9.17, 15) is 0 Å². The van der Waals surface area contributed by atoms with E-state index >= 15 is 0 Å². The molecule has 0 aromatic carbocycles. The van der Waals surface area contributed by atoms with E-state index in [0.717, 1.165) is 11.4 Å². The third-order valence-electron chi connectivity index (χ3n) is 2.10. The molecule has 2 aromatic heterocycles. The van der Waals surface area contributed by atoms with Crippen molar-refractivity contribution in [1.29, 1.82) is 0 Å². The van der Waals surface area contributed by atoms with Crippen molar-refractivity contribution in [3.05, 3.63) is 28.7 Å². The van der Waals surface area contributed by atoms with E-state index in [0.29, 0.717) is 11.2 Å². The Balaban J connectivity index is 2.42. The van der Waals surface area contributed by atoms with Crippen LogP contribution in [0, 0.1) is 6.92 Å². The van der Waals surface area contributed by atoms with Gasteiger partial charge in [0.25, 0.3) is 0 Å². The zero-order valence-electron chi connectivity index (χ0n) is 8.08. The summed E-state index contributed by atoms with van der Waals surface area (Å²) in [5.41, 5.74) is 4.32. The molecule has 76 valence electrons. The minimum atomic E-state index is -1.47. The van der Waals surface area contributed by atoms with Gasteiger partial charge in [0.05, 0.1) is 16.9 Å². The fourth-order valence-corrected chi connectivity index (χ4v) is 1.87. The van der Waals surface area contributed by atoms with E-state index in [-0.39, 0.29) is 0 Å². The molecule has 0 bridgehead atoms. The van der Waals surface area contributed by atoms with E-state index in [1.165, 1.54) is 11.3 Å². The van der Waals surface area contributed by atoms with Crippen molar-refractivity contribution in [2.45, 2.75) is 6.92 Å². The Labute approximate surface area is 91.4 Å². The summed E-state index contributed by atoms with van der Waals surface area (Å²) in [6.45, 7) is 1.74. The minimum Gasteiger partial charge on any atom is -0.423 e. The quantitative estimate of drug-likeness (QED) is 0.709. The summed E-state index contributed by atoms with van der Waals surface area (Å²) < 4.78 is 0. The molecular formula is C9H9BN2O2S. The van der Waals surface area contributed by atoms with Crippen LogP contribution in [0.1, 0.15) is 5.69 Å². The van der Waals surface area contributed by atoms with Crippen molar-refractivity contribution in [2.75, 3.05) is 0 Å². The molecule has 0 amide bonds. The normalized spacial score (nSPS) is 10.3. The first-order chi connectivity index (χ1) is 7.18. The van der Waals surface area contributed by atoms with Gasteiger partial charge >= 0.3 is 7.12 Å². The van der Waals surface area contributed by atoms with E-state index in [1.807, 2.05) is 5.38 Å². The fraction of sp³-hybridized carbons (Fsp3) is 0.111. The van der Waals surface area contributed by atoms with Gasteiger partial charge in [-0.1, -0.05) is 6.07 Å². The number of pyridine rings is 1. The second-order valence-electron chi connectivity index (χ2n) is 3.12. The SMILES string of the molecule is Cc1nc(-c2cscn2)ccc1B(O)O. The summed E-state index contributed by atoms with van der Waals surface area (Å²) in [6.07, 6.45) is 0. The number of rotatable bonds is 2. The highest BCUT2D eigenvalue weighted by Crippen LogP contribution is 2.15. The average molecular weight is 220 g/mol. The Morgan fingerprint density at radius 1 is 1.27 bits per heavy atom. The average Bonchev–Trinajstić information content (AvgIpc) is 2.69. The molecule has 15 heavy (non-hydrogen) atoms. The Morgan fingerprint density at radius 3 is 2.60 bits per heavy atom. The van der Waals surface area contributed by atoms with E-state index in [2.05, 4.69) is 9.97 Å². The molecule has 4 nitrogen and oxygen atoms in total.